The summed E-state index contributed by atoms with van der Waals surface area (Å²) in [5, 5.41) is 0. The van der Waals surface area contributed by atoms with Gasteiger partial charge in [0.15, 0.2) is 0 Å². The molecule has 1 saturated carbocycles. The fourth-order valence-corrected chi connectivity index (χ4v) is 5.41. The van der Waals surface area contributed by atoms with E-state index in [9.17, 15) is 8.42 Å². The maximum atomic E-state index is 12.4. The molecular weight excluding hydrogens is 290 g/mol. The SMILES string of the molecule is O=S(=O)(c1ccc(Cl)s1)N1CCC(=C2CC2)CC1. The lowest BCUT2D eigenvalue weighted by Crippen LogP contribution is -2.36. The first kappa shape index (κ1) is 12.7. The Morgan fingerprint density at radius 2 is 1.67 bits per heavy atom. The predicted molar refractivity (Wildman–Crippen MR) is 73.6 cm³/mol. The Bertz CT molecular complexity index is 587. The molecule has 98 valence electrons. The highest BCUT2D eigenvalue weighted by Crippen LogP contribution is 2.37. The zero-order valence-corrected chi connectivity index (χ0v) is 12.2. The second kappa shape index (κ2) is 4.63. The van der Waals surface area contributed by atoms with Crippen molar-refractivity contribution in [1.29, 1.82) is 0 Å². The minimum atomic E-state index is -3.33. The average molecular weight is 304 g/mol. The van der Waals surface area contributed by atoms with Crippen LogP contribution >= 0.6 is 22.9 Å². The highest BCUT2D eigenvalue weighted by atomic mass is 35.5. The maximum Gasteiger partial charge on any atom is 0.252 e. The van der Waals surface area contributed by atoms with Crippen LogP contribution in [0.1, 0.15) is 25.7 Å². The summed E-state index contributed by atoms with van der Waals surface area (Å²) in [7, 11) is -3.33. The van der Waals surface area contributed by atoms with Crippen molar-refractivity contribution in [3.8, 4) is 0 Å². The molecule has 2 fully saturated rings. The monoisotopic (exact) mass is 303 g/mol. The molecule has 0 aromatic carbocycles. The van der Waals surface area contributed by atoms with Crippen molar-refractivity contribution in [2.24, 2.45) is 0 Å². The topological polar surface area (TPSA) is 37.4 Å². The van der Waals surface area contributed by atoms with Gasteiger partial charge < -0.3 is 0 Å². The summed E-state index contributed by atoms with van der Waals surface area (Å²) in [4.78, 5) is 0. The molecule has 0 radical (unpaired) electrons. The molecule has 2 aliphatic rings. The quantitative estimate of drug-likeness (QED) is 0.786. The minimum absolute atomic E-state index is 0.357. The summed E-state index contributed by atoms with van der Waals surface area (Å²) in [6.07, 6.45) is 4.24. The molecule has 1 aromatic heterocycles. The first-order valence-electron chi connectivity index (χ1n) is 6.02. The van der Waals surface area contributed by atoms with Crippen molar-refractivity contribution in [3.05, 3.63) is 27.6 Å². The Balaban J connectivity index is 1.77. The standard InChI is InChI=1S/C12H14ClNO2S2/c13-11-3-4-12(17-11)18(15,16)14-7-5-10(6-8-14)9-1-2-9/h3-4H,1-2,5-8H2. The third-order valence-electron chi connectivity index (χ3n) is 3.47. The van der Waals surface area contributed by atoms with Crippen LogP contribution in [0.25, 0.3) is 0 Å². The van der Waals surface area contributed by atoms with Crippen LogP contribution < -0.4 is 0 Å². The Hall–Kier alpha value is -0.360. The van der Waals surface area contributed by atoms with Gasteiger partial charge in [-0.2, -0.15) is 4.31 Å². The van der Waals surface area contributed by atoms with Gasteiger partial charge in [0.05, 0.1) is 4.34 Å². The summed E-state index contributed by atoms with van der Waals surface area (Å²) in [6.45, 7) is 1.22. The molecular formula is C12H14ClNO2S2. The van der Waals surface area contributed by atoms with Gasteiger partial charge in [0.2, 0.25) is 0 Å². The van der Waals surface area contributed by atoms with E-state index in [-0.39, 0.29) is 0 Å². The number of halogens is 1. The molecule has 1 aromatic rings. The molecule has 2 heterocycles. The lowest BCUT2D eigenvalue weighted by molar-refractivity contribution is 0.387. The lowest BCUT2D eigenvalue weighted by Gasteiger charge is -2.27. The lowest BCUT2D eigenvalue weighted by atomic mass is 10.1. The summed E-state index contributed by atoms with van der Waals surface area (Å²) < 4.78 is 27.2. The molecule has 1 saturated heterocycles. The molecule has 0 bridgehead atoms. The van der Waals surface area contributed by atoms with Crippen LogP contribution in [-0.2, 0) is 10.0 Å². The molecule has 0 amide bonds. The molecule has 3 nitrogen and oxygen atoms in total. The van der Waals surface area contributed by atoms with Crippen LogP contribution in [0, 0.1) is 0 Å². The van der Waals surface area contributed by atoms with Gasteiger partial charge in [-0.15, -0.1) is 11.3 Å². The van der Waals surface area contributed by atoms with Gasteiger partial charge in [0.1, 0.15) is 4.21 Å². The van der Waals surface area contributed by atoms with Gasteiger partial charge >= 0.3 is 0 Å². The molecule has 6 heteroatoms. The van der Waals surface area contributed by atoms with Crippen molar-refractivity contribution >= 4 is 33.0 Å². The van der Waals surface area contributed by atoms with E-state index in [4.69, 9.17) is 11.6 Å². The summed E-state index contributed by atoms with van der Waals surface area (Å²) in [5.74, 6) is 0. The maximum absolute atomic E-state index is 12.4. The van der Waals surface area contributed by atoms with Crippen LogP contribution in [0.2, 0.25) is 4.34 Å². The Morgan fingerprint density at radius 1 is 1.06 bits per heavy atom. The van der Waals surface area contributed by atoms with Gasteiger partial charge in [0, 0.05) is 13.1 Å². The molecule has 0 atom stereocenters. The second-order valence-corrected chi connectivity index (χ2v) is 8.55. The largest absolute Gasteiger partial charge is 0.252 e. The minimum Gasteiger partial charge on any atom is -0.206 e. The fraction of sp³-hybridized carbons (Fsp3) is 0.500. The number of allylic oxidation sites excluding steroid dienone is 1. The van der Waals surface area contributed by atoms with Crippen molar-refractivity contribution in [1.82, 2.24) is 4.31 Å². The summed E-state index contributed by atoms with van der Waals surface area (Å²) in [6, 6.07) is 3.23. The molecule has 0 spiro atoms. The molecule has 18 heavy (non-hydrogen) atoms. The van der Waals surface area contributed by atoms with Gasteiger partial charge in [-0.1, -0.05) is 22.7 Å². The van der Waals surface area contributed by atoms with E-state index in [1.54, 1.807) is 22.0 Å². The normalized spacial score (nSPS) is 21.4. The predicted octanol–water partition coefficient (Wildman–Crippen LogP) is 3.28. The van der Waals surface area contributed by atoms with E-state index in [1.165, 1.54) is 18.4 Å². The van der Waals surface area contributed by atoms with Gasteiger partial charge in [-0.05, 0) is 37.8 Å². The summed E-state index contributed by atoms with van der Waals surface area (Å²) >= 11 is 6.94. The van der Waals surface area contributed by atoms with Gasteiger partial charge in [0.25, 0.3) is 10.0 Å². The fourth-order valence-electron chi connectivity index (χ4n) is 2.33. The molecule has 0 N–H and O–H groups in total. The van der Waals surface area contributed by atoms with Crippen LogP contribution in [0.4, 0.5) is 0 Å². The zero-order valence-electron chi connectivity index (χ0n) is 9.86. The molecule has 0 unspecified atom stereocenters. The Labute approximate surface area is 116 Å². The summed E-state index contributed by atoms with van der Waals surface area (Å²) in [5.41, 5.74) is 3.05. The van der Waals surface area contributed by atoms with Crippen LogP contribution in [0.3, 0.4) is 0 Å². The second-order valence-electron chi connectivity index (χ2n) is 4.67. The third-order valence-corrected chi connectivity index (χ3v) is 7.07. The molecule has 3 rings (SSSR count). The first-order valence-corrected chi connectivity index (χ1v) is 8.66. The van der Waals surface area contributed by atoms with E-state index >= 15 is 0 Å². The van der Waals surface area contributed by atoms with E-state index in [2.05, 4.69) is 0 Å². The van der Waals surface area contributed by atoms with E-state index in [0.717, 1.165) is 24.2 Å². The highest BCUT2D eigenvalue weighted by Gasteiger charge is 2.30. The third kappa shape index (κ3) is 2.37. The van der Waals surface area contributed by atoms with Crippen LogP contribution in [0.5, 0.6) is 0 Å². The van der Waals surface area contributed by atoms with Crippen molar-refractivity contribution in [2.75, 3.05) is 13.1 Å². The molecule has 1 aliphatic heterocycles. The van der Waals surface area contributed by atoms with E-state index in [1.807, 2.05) is 0 Å². The Kier molecular flexibility index (Phi) is 3.26. The number of rotatable bonds is 2. The van der Waals surface area contributed by atoms with Crippen molar-refractivity contribution in [2.45, 2.75) is 29.9 Å². The number of thiophene rings is 1. The number of hydrogen-bond acceptors (Lipinski definition) is 3. The zero-order chi connectivity index (χ0) is 12.8. The van der Waals surface area contributed by atoms with Crippen LogP contribution in [0.15, 0.2) is 27.5 Å². The first-order chi connectivity index (χ1) is 8.57. The highest BCUT2D eigenvalue weighted by molar-refractivity contribution is 7.91. The van der Waals surface area contributed by atoms with E-state index in [0.29, 0.717) is 21.6 Å². The number of hydrogen-bond donors (Lipinski definition) is 0. The smallest absolute Gasteiger partial charge is 0.206 e. The Morgan fingerprint density at radius 3 is 2.17 bits per heavy atom. The van der Waals surface area contributed by atoms with Crippen molar-refractivity contribution in [3.63, 3.8) is 0 Å². The average Bonchev–Trinajstić information content (AvgIpc) is 3.11. The number of sulfonamides is 1. The number of piperidine rings is 1. The van der Waals surface area contributed by atoms with Gasteiger partial charge in [-0.3, -0.25) is 0 Å². The van der Waals surface area contributed by atoms with Gasteiger partial charge in [-0.25, -0.2) is 8.42 Å². The van der Waals surface area contributed by atoms with Crippen molar-refractivity contribution < 1.29 is 8.42 Å². The van der Waals surface area contributed by atoms with E-state index < -0.39 is 10.0 Å². The number of nitrogens with zero attached hydrogens (tertiary/aromatic N) is 1. The van der Waals surface area contributed by atoms with Crippen LogP contribution in [-0.4, -0.2) is 25.8 Å². The molecule has 1 aliphatic carbocycles.